The second-order valence-corrected chi connectivity index (χ2v) is 9.10. The molecule has 0 bridgehead atoms. The fraction of sp³-hybridized carbons (Fsp3) is 0.192. The predicted molar refractivity (Wildman–Crippen MR) is 139 cm³/mol. The number of hydrogen-bond donors (Lipinski definition) is 0. The van der Waals surface area contributed by atoms with Gasteiger partial charge in [-0.15, -0.1) is 11.3 Å². The molecule has 5 nitrogen and oxygen atoms in total. The topological polar surface area (TPSA) is 48.0 Å². The minimum atomic E-state index is -0.0746. The van der Waals surface area contributed by atoms with Gasteiger partial charge in [0, 0.05) is 28.0 Å². The Morgan fingerprint density at radius 3 is 2.15 bits per heavy atom. The first kappa shape index (κ1) is 23.1. The lowest BCUT2D eigenvalue weighted by Crippen LogP contribution is -2.23. The third-order valence-corrected chi connectivity index (χ3v) is 6.72. The summed E-state index contributed by atoms with van der Waals surface area (Å²) >= 11 is 5.00. The molecule has 0 saturated carbocycles. The van der Waals surface area contributed by atoms with Crippen LogP contribution in [0.4, 0.5) is 11.4 Å². The summed E-state index contributed by atoms with van der Waals surface area (Å²) in [7, 11) is 3.30. The van der Waals surface area contributed by atoms with Gasteiger partial charge < -0.3 is 14.2 Å². The van der Waals surface area contributed by atoms with E-state index < -0.39 is 0 Å². The number of amides is 1. The van der Waals surface area contributed by atoms with Gasteiger partial charge in [0.25, 0.3) is 0 Å². The number of carbonyl (C=O) groups excluding carboxylic acids is 1. The van der Waals surface area contributed by atoms with Crippen molar-refractivity contribution in [3.05, 3.63) is 66.7 Å². The van der Waals surface area contributed by atoms with Crippen LogP contribution in [0.5, 0.6) is 17.2 Å². The summed E-state index contributed by atoms with van der Waals surface area (Å²) in [5, 5.41) is 1.74. The number of rotatable bonds is 8. The maximum atomic E-state index is 13.0. The lowest BCUT2D eigenvalue weighted by molar-refractivity contribution is -0.115. The van der Waals surface area contributed by atoms with Gasteiger partial charge in [0.1, 0.15) is 17.2 Å². The van der Waals surface area contributed by atoms with Crippen molar-refractivity contribution in [3.63, 3.8) is 0 Å². The highest BCUT2D eigenvalue weighted by atomic mass is 79.9. The number of methoxy groups -OCH3 is 2. The van der Waals surface area contributed by atoms with Crippen LogP contribution in [0.15, 0.2) is 66.7 Å². The summed E-state index contributed by atoms with van der Waals surface area (Å²) in [6.45, 7) is 2.16. The molecule has 1 aromatic heterocycles. The number of carbonyl (C=O) groups is 1. The molecule has 0 radical (unpaired) electrons. The van der Waals surface area contributed by atoms with Crippen LogP contribution in [0.1, 0.15) is 6.92 Å². The van der Waals surface area contributed by atoms with E-state index in [-0.39, 0.29) is 5.91 Å². The number of fused-ring (bicyclic) bond motifs is 1. The van der Waals surface area contributed by atoms with Gasteiger partial charge in [-0.2, -0.15) is 0 Å². The minimum absolute atomic E-state index is 0.0746. The number of hydrogen-bond acceptors (Lipinski definition) is 5. The molecule has 0 fully saturated rings. The van der Waals surface area contributed by atoms with Crippen LogP contribution in [0.2, 0.25) is 0 Å². The first-order valence-corrected chi connectivity index (χ1v) is 12.3. The molecule has 1 amide bonds. The molecule has 7 heteroatoms. The van der Waals surface area contributed by atoms with Gasteiger partial charge in [-0.3, -0.25) is 9.69 Å². The van der Waals surface area contributed by atoms with Gasteiger partial charge in [0.15, 0.2) is 0 Å². The van der Waals surface area contributed by atoms with E-state index in [1.165, 1.54) is 0 Å². The fourth-order valence-electron chi connectivity index (χ4n) is 3.67. The summed E-state index contributed by atoms with van der Waals surface area (Å²) in [5.41, 5.74) is 2.64. The highest BCUT2D eigenvalue weighted by molar-refractivity contribution is 9.09. The Kier molecular flexibility index (Phi) is 7.20. The zero-order valence-electron chi connectivity index (χ0n) is 18.6. The first-order chi connectivity index (χ1) is 16.0. The summed E-state index contributed by atoms with van der Waals surface area (Å²) in [6.07, 6.45) is 0. The average molecular weight is 526 g/mol. The smallest absolute Gasteiger partial charge is 0.228 e. The lowest BCUT2D eigenvalue weighted by atomic mass is 10.1. The molecular weight excluding hydrogens is 502 g/mol. The average Bonchev–Trinajstić information content (AvgIpc) is 3.21. The minimum Gasteiger partial charge on any atom is -0.497 e. The van der Waals surface area contributed by atoms with Gasteiger partial charge in [-0.05, 0) is 72.3 Å². The highest BCUT2D eigenvalue weighted by Crippen LogP contribution is 2.48. The van der Waals surface area contributed by atoms with Crippen LogP contribution in [0.25, 0.3) is 20.5 Å². The van der Waals surface area contributed by atoms with Gasteiger partial charge in [0.2, 0.25) is 5.91 Å². The van der Waals surface area contributed by atoms with Crippen molar-refractivity contribution in [3.8, 4) is 27.7 Å². The summed E-state index contributed by atoms with van der Waals surface area (Å²) in [5.74, 6) is 2.25. The van der Waals surface area contributed by atoms with Gasteiger partial charge in [-0.1, -0.05) is 15.9 Å². The quantitative estimate of drug-likeness (QED) is 0.231. The number of ether oxygens (including phenoxy) is 3. The molecule has 3 aromatic carbocycles. The standard InChI is InChI=1S/C26H24BrNO4S/c1-17(29)28(19-6-10-21(11-7-19)32-15-14-27)25-23-13-12-22(31-3)16-24(23)33-26(25)18-4-8-20(30-2)9-5-18/h4-13,16H,14-15H2,1-3H3. The molecule has 4 aromatic rings. The van der Waals surface area contributed by atoms with Crippen molar-refractivity contribution < 1.29 is 19.0 Å². The van der Waals surface area contributed by atoms with Crippen LogP contribution in [0, 0.1) is 0 Å². The van der Waals surface area contributed by atoms with Gasteiger partial charge >= 0.3 is 0 Å². The number of thiophene rings is 1. The molecule has 4 rings (SSSR count). The lowest BCUT2D eigenvalue weighted by Gasteiger charge is -2.23. The monoisotopic (exact) mass is 525 g/mol. The summed E-state index contributed by atoms with van der Waals surface area (Å²) < 4.78 is 17.5. The van der Waals surface area contributed by atoms with E-state index in [9.17, 15) is 4.79 Å². The molecule has 0 aliphatic carbocycles. The molecule has 0 aliphatic heterocycles. The van der Waals surface area contributed by atoms with E-state index in [4.69, 9.17) is 14.2 Å². The summed E-state index contributed by atoms with van der Waals surface area (Å²) in [4.78, 5) is 15.8. The van der Waals surface area contributed by atoms with E-state index in [0.717, 1.165) is 54.5 Å². The molecule has 0 unspecified atom stereocenters. The SMILES string of the molecule is COc1ccc(-c2sc3cc(OC)ccc3c2N(C(C)=O)c2ccc(OCCBr)cc2)cc1. The third-order valence-electron chi connectivity index (χ3n) is 5.20. The van der Waals surface area contributed by atoms with Crippen LogP contribution in [0.3, 0.4) is 0 Å². The number of benzene rings is 3. The van der Waals surface area contributed by atoms with Crippen molar-refractivity contribution in [2.75, 3.05) is 31.1 Å². The molecule has 0 aliphatic rings. The Balaban J connectivity index is 1.88. The molecule has 0 atom stereocenters. The molecular formula is C26H24BrNO4S. The number of halogens is 1. The summed E-state index contributed by atoms with van der Waals surface area (Å²) in [6, 6.07) is 21.4. The molecule has 33 heavy (non-hydrogen) atoms. The zero-order valence-corrected chi connectivity index (χ0v) is 21.0. The van der Waals surface area contributed by atoms with Crippen LogP contribution in [-0.2, 0) is 4.79 Å². The molecule has 170 valence electrons. The number of nitrogens with zero attached hydrogens (tertiary/aromatic N) is 1. The van der Waals surface area contributed by atoms with E-state index in [0.29, 0.717) is 6.61 Å². The van der Waals surface area contributed by atoms with Crippen molar-refractivity contribution in [2.24, 2.45) is 0 Å². The molecule has 1 heterocycles. The molecule has 0 N–H and O–H groups in total. The Hall–Kier alpha value is -3.03. The Morgan fingerprint density at radius 1 is 0.909 bits per heavy atom. The van der Waals surface area contributed by atoms with E-state index >= 15 is 0 Å². The first-order valence-electron chi connectivity index (χ1n) is 10.4. The zero-order chi connectivity index (χ0) is 23.4. The normalized spacial score (nSPS) is 10.8. The van der Waals surface area contributed by atoms with Crippen molar-refractivity contribution in [2.45, 2.75) is 6.92 Å². The van der Waals surface area contributed by atoms with E-state index in [1.54, 1.807) is 37.4 Å². The van der Waals surface area contributed by atoms with Crippen molar-refractivity contribution in [1.29, 1.82) is 0 Å². The number of anilines is 2. The number of alkyl halides is 1. The maximum Gasteiger partial charge on any atom is 0.228 e. The molecule has 0 spiro atoms. The second-order valence-electron chi connectivity index (χ2n) is 7.26. The van der Waals surface area contributed by atoms with Crippen LogP contribution < -0.4 is 19.1 Å². The van der Waals surface area contributed by atoms with Gasteiger partial charge in [-0.25, -0.2) is 0 Å². The van der Waals surface area contributed by atoms with Crippen LogP contribution >= 0.6 is 27.3 Å². The Labute approximate surface area is 205 Å². The fourth-order valence-corrected chi connectivity index (χ4v) is 5.05. The predicted octanol–water partition coefficient (Wildman–Crippen LogP) is 7.04. The van der Waals surface area contributed by atoms with E-state index in [2.05, 4.69) is 15.9 Å². The highest BCUT2D eigenvalue weighted by Gasteiger charge is 2.24. The largest absolute Gasteiger partial charge is 0.497 e. The van der Waals surface area contributed by atoms with Crippen molar-refractivity contribution >= 4 is 54.6 Å². The second kappa shape index (κ2) is 10.3. The van der Waals surface area contributed by atoms with Crippen molar-refractivity contribution in [1.82, 2.24) is 0 Å². The van der Waals surface area contributed by atoms with Gasteiger partial charge in [0.05, 0.1) is 31.4 Å². The Bertz CT molecular complexity index is 1250. The third kappa shape index (κ3) is 4.84. The van der Waals surface area contributed by atoms with Crippen LogP contribution in [-0.4, -0.2) is 32.1 Å². The van der Waals surface area contributed by atoms with E-state index in [1.807, 2.05) is 66.7 Å². The Morgan fingerprint density at radius 2 is 1.55 bits per heavy atom. The molecule has 0 saturated heterocycles. The maximum absolute atomic E-state index is 13.0.